The normalized spacial score (nSPS) is 8.29. The monoisotopic (exact) mass is 238 g/mol. The minimum absolute atomic E-state index is 0.0903. The van der Waals surface area contributed by atoms with Crippen molar-refractivity contribution in [2.75, 3.05) is 38.1 Å². The molecule has 6 heteroatoms. The van der Waals surface area contributed by atoms with E-state index in [1.54, 1.807) is 14.1 Å². The highest BCUT2D eigenvalue weighted by molar-refractivity contribution is 7.99. The Hall–Kier alpha value is -0.360. The molecule has 0 unspecified atom stereocenters. The molecular weight excluding hydrogens is 220 g/mol. The first-order chi connectivity index (χ1) is 6.62. The molecule has 0 radical (unpaired) electrons. The van der Waals surface area contributed by atoms with Crippen LogP contribution in [0.4, 0.5) is 0 Å². The predicted molar refractivity (Wildman–Crippen MR) is 64.9 cm³/mol. The third kappa shape index (κ3) is 14.2. The molecule has 0 aliphatic carbocycles. The van der Waals surface area contributed by atoms with Gasteiger partial charge in [-0.2, -0.15) is 23.5 Å². The number of thioether (sulfide) groups is 2. The Morgan fingerprint density at radius 2 is 1.21 bits per heavy atom. The van der Waals surface area contributed by atoms with E-state index in [0.29, 0.717) is 11.5 Å². The molecule has 0 rings (SSSR count). The third-order valence-electron chi connectivity index (χ3n) is 1.11. The van der Waals surface area contributed by atoms with Crippen LogP contribution < -0.4 is 10.6 Å². The molecule has 0 aromatic carbocycles. The molecule has 0 aromatic heterocycles. The molecule has 0 aliphatic heterocycles. The van der Waals surface area contributed by atoms with Crippen molar-refractivity contribution in [2.45, 2.75) is 0 Å². The molecule has 0 heterocycles. The molecule has 0 bridgehead atoms. The zero-order valence-corrected chi connectivity index (χ0v) is 10.7. The first-order valence-electron chi connectivity index (χ1n) is 4.01. The highest BCUT2D eigenvalue weighted by atomic mass is 32.2. The Morgan fingerprint density at radius 3 is 1.29 bits per heavy atom. The van der Waals surface area contributed by atoms with Crippen LogP contribution in [0.2, 0.25) is 0 Å². The van der Waals surface area contributed by atoms with Crippen LogP contribution in [0.15, 0.2) is 0 Å². The van der Waals surface area contributed by atoms with Gasteiger partial charge >= 0.3 is 0 Å². The summed E-state index contributed by atoms with van der Waals surface area (Å²) in [5, 5.41) is 5.01. The Balaban J connectivity index is 0. The summed E-state index contributed by atoms with van der Waals surface area (Å²) < 4.78 is 0. The van der Waals surface area contributed by atoms with E-state index < -0.39 is 0 Å². The van der Waals surface area contributed by atoms with E-state index in [1.807, 2.05) is 12.5 Å². The van der Waals surface area contributed by atoms with E-state index in [2.05, 4.69) is 10.6 Å². The van der Waals surface area contributed by atoms with Crippen LogP contribution in [-0.2, 0) is 9.59 Å². The molecule has 0 aliphatic rings. The molecule has 0 spiro atoms. The number of hydrogen-bond donors (Lipinski definition) is 2. The number of carbonyl (C=O) groups excluding carboxylic acids is 2. The lowest BCUT2D eigenvalue weighted by Gasteiger charge is -1.91. The number of carbonyl (C=O) groups is 2. The van der Waals surface area contributed by atoms with Gasteiger partial charge in [-0.05, 0) is 12.5 Å². The van der Waals surface area contributed by atoms with Crippen molar-refractivity contribution in [3.05, 3.63) is 0 Å². The molecule has 2 amide bonds. The summed E-state index contributed by atoms with van der Waals surface area (Å²) in [5.74, 6) is 1.31. The van der Waals surface area contributed by atoms with Gasteiger partial charge in [-0.15, -0.1) is 0 Å². The van der Waals surface area contributed by atoms with Gasteiger partial charge in [0.25, 0.3) is 0 Å². The summed E-state index contributed by atoms with van der Waals surface area (Å²) in [7, 11) is 3.27. The van der Waals surface area contributed by atoms with Gasteiger partial charge in [0.1, 0.15) is 0 Å². The van der Waals surface area contributed by atoms with E-state index >= 15 is 0 Å². The molecule has 84 valence electrons. The summed E-state index contributed by atoms with van der Waals surface area (Å²) in [6.07, 6.45) is 3.80. The van der Waals surface area contributed by atoms with E-state index in [0.717, 1.165) is 0 Å². The lowest BCUT2D eigenvalue weighted by atomic mass is 10.7. The van der Waals surface area contributed by atoms with Crippen LogP contribution >= 0.6 is 23.5 Å². The standard InChI is InChI=1S/2C4H9NOS/c2*1-5-4(6)3-7-2/h2*3H2,1-2H3,(H,5,6). The van der Waals surface area contributed by atoms with Crippen LogP contribution in [0, 0.1) is 0 Å². The van der Waals surface area contributed by atoms with Crippen molar-refractivity contribution in [3.8, 4) is 0 Å². The second-order valence-electron chi connectivity index (χ2n) is 2.21. The predicted octanol–water partition coefficient (Wildman–Crippen LogP) is 0.191. The van der Waals surface area contributed by atoms with Crippen molar-refractivity contribution >= 4 is 35.3 Å². The topological polar surface area (TPSA) is 58.2 Å². The summed E-state index contributed by atoms with van der Waals surface area (Å²) in [6, 6.07) is 0. The SMILES string of the molecule is CNC(=O)CSC.CNC(=O)CSC. The highest BCUT2D eigenvalue weighted by Crippen LogP contribution is 1.87. The average molecular weight is 238 g/mol. The van der Waals surface area contributed by atoms with Gasteiger partial charge in [-0.25, -0.2) is 0 Å². The molecule has 0 fully saturated rings. The van der Waals surface area contributed by atoms with E-state index in [4.69, 9.17) is 0 Å². The second-order valence-corrected chi connectivity index (χ2v) is 3.94. The van der Waals surface area contributed by atoms with Gasteiger partial charge < -0.3 is 10.6 Å². The van der Waals surface area contributed by atoms with Gasteiger partial charge in [0.2, 0.25) is 11.8 Å². The van der Waals surface area contributed by atoms with Gasteiger partial charge in [0.15, 0.2) is 0 Å². The second kappa shape index (κ2) is 12.6. The van der Waals surface area contributed by atoms with Crippen molar-refractivity contribution in [3.63, 3.8) is 0 Å². The molecule has 0 saturated carbocycles. The Kier molecular flexibility index (Phi) is 14.5. The maximum absolute atomic E-state index is 10.3. The molecular formula is C8H18N2O2S2. The summed E-state index contributed by atoms with van der Waals surface area (Å²) in [4.78, 5) is 20.6. The van der Waals surface area contributed by atoms with Crippen molar-refractivity contribution in [1.82, 2.24) is 10.6 Å². The smallest absolute Gasteiger partial charge is 0.229 e. The Bertz CT molecular complexity index is 147. The third-order valence-corrected chi connectivity index (χ3v) is 2.21. The Morgan fingerprint density at radius 1 is 0.929 bits per heavy atom. The number of nitrogens with one attached hydrogen (secondary N) is 2. The lowest BCUT2D eigenvalue weighted by Crippen LogP contribution is -2.19. The van der Waals surface area contributed by atoms with Crippen LogP contribution in [0.25, 0.3) is 0 Å². The summed E-state index contributed by atoms with van der Waals surface area (Å²) >= 11 is 3.04. The van der Waals surface area contributed by atoms with Crippen LogP contribution in [0.5, 0.6) is 0 Å². The van der Waals surface area contributed by atoms with Gasteiger partial charge in [0.05, 0.1) is 11.5 Å². The molecule has 0 aromatic rings. The molecule has 4 nitrogen and oxygen atoms in total. The van der Waals surface area contributed by atoms with Crippen LogP contribution in [0.3, 0.4) is 0 Å². The number of rotatable bonds is 4. The first-order valence-corrected chi connectivity index (χ1v) is 6.80. The van der Waals surface area contributed by atoms with E-state index in [1.165, 1.54) is 23.5 Å². The van der Waals surface area contributed by atoms with Gasteiger partial charge in [-0.1, -0.05) is 0 Å². The van der Waals surface area contributed by atoms with Crippen molar-refractivity contribution in [2.24, 2.45) is 0 Å². The maximum atomic E-state index is 10.3. The van der Waals surface area contributed by atoms with Gasteiger partial charge in [0, 0.05) is 14.1 Å². The van der Waals surface area contributed by atoms with Gasteiger partial charge in [-0.3, -0.25) is 9.59 Å². The zero-order chi connectivity index (χ0) is 11.4. The van der Waals surface area contributed by atoms with E-state index in [-0.39, 0.29) is 11.8 Å². The molecule has 2 N–H and O–H groups in total. The summed E-state index contributed by atoms with van der Waals surface area (Å²) in [5.41, 5.74) is 0. The number of amides is 2. The fourth-order valence-corrected chi connectivity index (χ4v) is 1.22. The molecule has 0 atom stereocenters. The lowest BCUT2D eigenvalue weighted by molar-refractivity contribution is -0.118. The quantitative estimate of drug-likeness (QED) is 0.734. The minimum atomic E-state index is 0.0903. The first kappa shape index (κ1) is 16.1. The minimum Gasteiger partial charge on any atom is -0.358 e. The largest absolute Gasteiger partial charge is 0.358 e. The van der Waals surface area contributed by atoms with Crippen LogP contribution in [0.1, 0.15) is 0 Å². The fourth-order valence-electron chi connectivity index (χ4n) is 0.407. The molecule has 14 heavy (non-hydrogen) atoms. The fraction of sp³-hybridized carbons (Fsp3) is 0.750. The van der Waals surface area contributed by atoms with Crippen LogP contribution in [-0.4, -0.2) is 49.9 Å². The van der Waals surface area contributed by atoms with Crippen molar-refractivity contribution < 1.29 is 9.59 Å². The average Bonchev–Trinajstić information content (AvgIpc) is 2.19. The van der Waals surface area contributed by atoms with E-state index in [9.17, 15) is 9.59 Å². The number of hydrogen-bond acceptors (Lipinski definition) is 4. The summed E-state index contributed by atoms with van der Waals surface area (Å²) in [6.45, 7) is 0. The Labute approximate surface area is 94.0 Å². The maximum Gasteiger partial charge on any atom is 0.229 e. The zero-order valence-electron chi connectivity index (χ0n) is 9.05. The molecule has 0 saturated heterocycles. The van der Waals surface area contributed by atoms with Crippen molar-refractivity contribution in [1.29, 1.82) is 0 Å². The highest BCUT2D eigenvalue weighted by Gasteiger charge is 1.90.